The molecule has 5 aromatic rings. The molecule has 0 radical (unpaired) electrons. The Morgan fingerprint density at radius 2 is 1.70 bits per heavy atom. The van der Waals surface area contributed by atoms with Crippen LogP contribution in [-0.2, 0) is 4.79 Å². The number of carbonyl (C=O) groups is 1. The summed E-state index contributed by atoms with van der Waals surface area (Å²) in [7, 11) is 1.61. The Morgan fingerprint density at radius 3 is 2.38 bits per heavy atom. The lowest BCUT2D eigenvalue weighted by molar-refractivity contribution is -0.115. The second-order valence-corrected chi connectivity index (χ2v) is 10.5. The number of benzene rings is 3. The second-order valence-electron chi connectivity index (χ2n) is 8.18. The van der Waals surface area contributed by atoms with Crippen molar-refractivity contribution in [3.63, 3.8) is 0 Å². The molecule has 0 saturated heterocycles. The largest absolute Gasteiger partial charge is 0.497 e. The van der Waals surface area contributed by atoms with E-state index in [1.807, 2.05) is 84.9 Å². The summed E-state index contributed by atoms with van der Waals surface area (Å²) in [6.45, 7) is 1.80. The van der Waals surface area contributed by atoms with Gasteiger partial charge in [0.15, 0.2) is 5.13 Å². The number of nitriles is 1. The van der Waals surface area contributed by atoms with Gasteiger partial charge in [0, 0.05) is 11.1 Å². The lowest BCUT2D eigenvalue weighted by Crippen LogP contribution is -2.22. The topological polar surface area (TPSA) is 87.9 Å². The number of thiazole rings is 1. The molecule has 3 aromatic carbocycles. The van der Waals surface area contributed by atoms with Crippen molar-refractivity contribution < 1.29 is 9.53 Å². The van der Waals surface area contributed by atoms with Crippen LogP contribution in [0.25, 0.3) is 32.6 Å². The molecule has 0 spiro atoms. The highest BCUT2D eigenvalue weighted by molar-refractivity contribution is 8.00. The van der Waals surface area contributed by atoms with E-state index < -0.39 is 5.25 Å². The number of hydrogen-bond donors (Lipinski definition) is 1. The van der Waals surface area contributed by atoms with Gasteiger partial charge in [0.2, 0.25) is 5.91 Å². The Balaban J connectivity index is 1.46. The molecule has 6 nitrogen and oxygen atoms in total. The summed E-state index contributed by atoms with van der Waals surface area (Å²) in [4.78, 5) is 22.5. The van der Waals surface area contributed by atoms with Gasteiger partial charge >= 0.3 is 0 Å². The van der Waals surface area contributed by atoms with Gasteiger partial charge in [0.1, 0.15) is 16.8 Å². The molecule has 0 saturated carbocycles. The van der Waals surface area contributed by atoms with E-state index in [-0.39, 0.29) is 5.91 Å². The van der Waals surface area contributed by atoms with Crippen LogP contribution < -0.4 is 10.1 Å². The number of nitrogens with zero attached hydrogens (tertiary/aromatic N) is 3. The van der Waals surface area contributed by atoms with Gasteiger partial charge in [-0.15, -0.1) is 0 Å². The minimum Gasteiger partial charge on any atom is -0.497 e. The van der Waals surface area contributed by atoms with Crippen molar-refractivity contribution in [2.45, 2.75) is 17.2 Å². The highest BCUT2D eigenvalue weighted by Gasteiger charge is 2.22. The van der Waals surface area contributed by atoms with Crippen LogP contribution in [0.2, 0.25) is 0 Å². The molecule has 0 aliphatic carbocycles. The van der Waals surface area contributed by atoms with Crippen molar-refractivity contribution in [3.8, 4) is 34.2 Å². The standard InChI is InChI=1S/C29H22N4O2S2/c1-18(27(34)33-29-32-24-14-13-21(35-2)15-26(24)37-29)36-28-23(17-30)22(19-9-5-3-6-10-19)16-25(31-28)20-11-7-4-8-12-20/h3-16,18H,1-2H3,(H,32,33,34). The molecule has 0 fully saturated rings. The van der Waals surface area contributed by atoms with Crippen LogP contribution in [0, 0.1) is 11.3 Å². The van der Waals surface area contributed by atoms with Crippen molar-refractivity contribution >= 4 is 44.4 Å². The summed E-state index contributed by atoms with van der Waals surface area (Å²) in [5.74, 6) is 0.522. The first-order valence-electron chi connectivity index (χ1n) is 11.5. The zero-order valence-corrected chi connectivity index (χ0v) is 21.8. The highest BCUT2D eigenvalue weighted by Crippen LogP contribution is 2.36. The summed E-state index contributed by atoms with van der Waals surface area (Å²) in [5.41, 5.74) is 4.62. The fraction of sp³-hybridized carbons (Fsp3) is 0.103. The molecule has 8 heteroatoms. The summed E-state index contributed by atoms with van der Waals surface area (Å²) < 4.78 is 6.20. The average Bonchev–Trinajstić information content (AvgIpc) is 3.34. The zero-order valence-electron chi connectivity index (χ0n) is 20.1. The van der Waals surface area contributed by atoms with E-state index in [0.29, 0.717) is 15.7 Å². The van der Waals surface area contributed by atoms with Gasteiger partial charge in [-0.3, -0.25) is 4.79 Å². The van der Waals surface area contributed by atoms with Crippen LogP contribution in [0.15, 0.2) is 90.0 Å². The van der Waals surface area contributed by atoms with Crippen molar-refractivity contribution in [2.24, 2.45) is 0 Å². The van der Waals surface area contributed by atoms with E-state index in [2.05, 4.69) is 16.4 Å². The van der Waals surface area contributed by atoms with Crippen LogP contribution in [0.4, 0.5) is 5.13 Å². The quantitative estimate of drug-likeness (QED) is 0.231. The van der Waals surface area contributed by atoms with E-state index >= 15 is 0 Å². The van der Waals surface area contributed by atoms with Crippen LogP contribution in [-0.4, -0.2) is 28.2 Å². The molecule has 1 N–H and O–H groups in total. The van der Waals surface area contributed by atoms with E-state index in [0.717, 1.165) is 38.4 Å². The zero-order chi connectivity index (χ0) is 25.8. The van der Waals surface area contributed by atoms with Gasteiger partial charge in [-0.1, -0.05) is 83.8 Å². The molecule has 0 aliphatic heterocycles. The summed E-state index contributed by atoms with van der Waals surface area (Å²) in [6, 6.07) is 29.4. The minimum atomic E-state index is -0.518. The summed E-state index contributed by atoms with van der Waals surface area (Å²) in [5, 5.41) is 13.5. The molecule has 37 heavy (non-hydrogen) atoms. The van der Waals surface area contributed by atoms with E-state index in [1.54, 1.807) is 14.0 Å². The summed E-state index contributed by atoms with van der Waals surface area (Å²) in [6.07, 6.45) is 0. The lowest BCUT2D eigenvalue weighted by Gasteiger charge is -2.15. The number of amides is 1. The third-order valence-electron chi connectivity index (χ3n) is 5.74. The van der Waals surface area contributed by atoms with Crippen LogP contribution in [0.3, 0.4) is 0 Å². The number of ether oxygens (including phenoxy) is 1. The molecule has 1 atom stereocenters. The van der Waals surface area contributed by atoms with Gasteiger partial charge in [-0.05, 0) is 36.8 Å². The maximum absolute atomic E-state index is 13.1. The van der Waals surface area contributed by atoms with Crippen LogP contribution in [0.5, 0.6) is 5.75 Å². The van der Waals surface area contributed by atoms with Gasteiger partial charge < -0.3 is 10.1 Å². The number of hydrogen-bond acceptors (Lipinski definition) is 7. The number of fused-ring (bicyclic) bond motifs is 1. The highest BCUT2D eigenvalue weighted by atomic mass is 32.2. The van der Waals surface area contributed by atoms with Crippen molar-refractivity contribution in [3.05, 3.63) is 90.5 Å². The molecule has 182 valence electrons. The Hall–Kier alpha value is -4.19. The Kier molecular flexibility index (Phi) is 7.17. The molecule has 0 aliphatic rings. The Bertz CT molecular complexity index is 1610. The van der Waals surface area contributed by atoms with E-state index in [9.17, 15) is 10.1 Å². The van der Waals surface area contributed by atoms with Crippen molar-refractivity contribution in [1.82, 2.24) is 9.97 Å². The van der Waals surface area contributed by atoms with E-state index in [4.69, 9.17) is 9.72 Å². The van der Waals surface area contributed by atoms with Crippen molar-refractivity contribution in [1.29, 1.82) is 5.26 Å². The molecule has 2 heterocycles. The number of rotatable bonds is 7. The molecule has 1 unspecified atom stereocenters. The van der Waals surface area contributed by atoms with Gasteiger partial charge in [0.25, 0.3) is 0 Å². The maximum Gasteiger partial charge on any atom is 0.239 e. The van der Waals surface area contributed by atoms with Gasteiger partial charge in [-0.2, -0.15) is 5.26 Å². The molecule has 0 bridgehead atoms. The second kappa shape index (κ2) is 10.8. The maximum atomic E-state index is 13.1. The average molecular weight is 523 g/mol. The molecular weight excluding hydrogens is 500 g/mol. The number of carbonyl (C=O) groups excluding carboxylic acids is 1. The molecular formula is C29H22N4O2S2. The first-order chi connectivity index (χ1) is 18.1. The first-order valence-corrected chi connectivity index (χ1v) is 13.2. The fourth-order valence-electron chi connectivity index (χ4n) is 3.83. The normalized spacial score (nSPS) is 11.6. The monoisotopic (exact) mass is 522 g/mol. The third kappa shape index (κ3) is 5.33. The van der Waals surface area contributed by atoms with Crippen LogP contribution >= 0.6 is 23.1 Å². The SMILES string of the molecule is COc1ccc2nc(NC(=O)C(C)Sc3nc(-c4ccccc4)cc(-c4ccccc4)c3C#N)sc2c1. The predicted molar refractivity (Wildman–Crippen MR) is 150 cm³/mol. The number of anilines is 1. The molecule has 2 aromatic heterocycles. The van der Waals surface area contributed by atoms with E-state index in [1.165, 1.54) is 23.1 Å². The third-order valence-corrected chi connectivity index (χ3v) is 7.76. The first kappa shape index (κ1) is 24.5. The van der Waals surface area contributed by atoms with Crippen LogP contribution in [0.1, 0.15) is 12.5 Å². The number of aromatic nitrogens is 2. The minimum absolute atomic E-state index is 0.215. The smallest absolute Gasteiger partial charge is 0.239 e. The number of thioether (sulfide) groups is 1. The molecule has 5 rings (SSSR count). The number of pyridine rings is 1. The molecule has 1 amide bonds. The van der Waals surface area contributed by atoms with Crippen molar-refractivity contribution in [2.75, 3.05) is 12.4 Å². The predicted octanol–water partition coefficient (Wildman–Crippen LogP) is 7.02. The Labute approximate surface area is 223 Å². The van der Waals surface area contributed by atoms with Gasteiger partial charge in [0.05, 0.1) is 33.8 Å². The lowest BCUT2D eigenvalue weighted by atomic mass is 9.99. The Morgan fingerprint density at radius 1 is 1.00 bits per heavy atom. The number of nitrogens with one attached hydrogen (secondary N) is 1. The summed E-state index contributed by atoms with van der Waals surface area (Å²) >= 11 is 2.65. The number of methoxy groups -OCH3 is 1. The van der Waals surface area contributed by atoms with Gasteiger partial charge in [-0.25, -0.2) is 9.97 Å². The fourth-order valence-corrected chi connectivity index (χ4v) is 5.65.